The van der Waals surface area contributed by atoms with Crippen LogP contribution >= 0.6 is 11.8 Å². The molecule has 1 unspecified atom stereocenters. The SMILES string of the molecule is CSc1nc2c(c(C(F)(F)F)c1C(=O)O)CC(C(C)(C)C)CC2. The van der Waals surface area contributed by atoms with Crippen molar-refractivity contribution in [2.24, 2.45) is 11.3 Å². The topological polar surface area (TPSA) is 50.2 Å². The minimum absolute atomic E-state index is 0.0576. The number of hydrogen-bond donors (Lipinski definition) is 1. The molecule has 0 saturated heterocycles. The number of aromatic nitrogens is 1. The van der Waals surface area contributed by atoms with E-state index in [1.165, 1.54) is 0 Å². The van der Waals surface area contributed by atoms with Gasteiger partial charge in [-0.1, -0.05) is 20.8 Å². The minimum Gasteiger partial charge on any atom is -0.478 e. The number of aryl methyl sites for hydroxylation is 1. The zero-order valence-electron chi connectivity index (χ0n) is 13.5. The lowest BCUT2D eigenvalue weighted by molar-refractivity contribution is -0.139. The monoisotopic (exact) mass is 347 g/mol. The highest BCUT2D eigenvalue weighted by atomic mass is 32.2. The number of nitrogens with zero attached hydrogens (tertiary/aromatic N) is 1. The van der Waals surface area contributed by atoms with Crippen molar-refractivity contribution in [2.45, 2.75) is 51.2 Å². The summed E-state index contributed by atoms with van der Waals surface area (Å²) in [4.78, 5) is 15.7. The summed E-state index contributed by atoms with van der Waals surface area (Å²) in [5.41, 5.74) is -1.39. The summed E-state index contributed by atoms with van der Waals surface area (Å²) in [6, 6.07) is 0. The summed E-state index contributed by atoms with van der Waals surface area (Å²) >= 11 is 0.941. The molecular formula is C16H20F3NO2S. The third-order valence-corrected chi connectivity index (χ3v) is 5.13. The van der Waals surface area contributed by atoms with Crippen molar-refractivity contribution >= 4 is 17.7 Å². The van der Waals surface area contributed by atoms with Crippen molar-refractivity contribution < 1.29 is 23.1 Å². The second kappa shape index (κ2) is 6.00. The Bertz CT molecular complexity index is 636. The van der Waals surface area contributed by atoms with Crippen LogP contribution in [0.2, 0.25) is 0 Å². The van der Waals surface area contributed by atoms with E-state index in [9.17, 15) is 23.1 Å². The van der Waals surface area contributed by atoms with Crippen LogP contribution in [-0.2, 0) is 19.0 Å². The maximum atomic E-state index is 13.6. The van der Waals surface area contributed by atoms with E-state index in [2.05, 4.69) is 4.98 Å². The quantitative estimate of drug-likeness (QED) is 0.790. The molecule has 1 aromatic heterocycles. The fourth-order valence-corrected chi connectivity index (χ4v) is 3.73. The van der Waals surface area contributed by atoms with E-state index in [1.54, 1.807) is 6.26 Å². The second-order valence-corrected chi connectivity index (χ2v) is 7.70. The number of pyridine rings is 1. The third-order valence-electron chi connectivity index (χ3n) is 4.45. The van der Waals surface area contributed by atoms with Crippen LogP contribution < -0.4 is 0 Å². The molecule has 23 heavy (non-hydrogen) atoms. The number of aromatic carboxylic acids is 1. The average molecular weight is 347 g/mol. The highest BCUT2D eigenvalue weighted by Crippen LogP contribution is 2.44. The number of carbonyl (C=O) groups is 1. The van der Waals surface area contributed by atoms with Gasteiger partial charge in [-0.15, -0.1) is 11.8 Å². The molecule has 2 rings (SSSR count). The number of halogens is 3. The first-order chi connectivity index (χ1) is 10.5. The molecule has 7 heteroatoms. The molecule has 0 saturated carbocycles. The van der Waals surface area contributed by atoms with Gasteiger partial charge in [0.15, 0.2) is 0 Å². The molecule has 1 atom stereocenters. The summed E-state index contributed by atoms with van der Waals surface area (Å²) < 4.78 is 40.9. The highest BCUT2D eigenvalue weighted by Gasteiger charge is 2.43. The van der Waals surface area contributed by atoms with Gasteiger partial charge in [0.2, 0.25) is 0 Å². The van der Waals surface area contributed by atoms with Crippen molar-refractivity contribution in [3.8, 4) is 0 Å². The Kier molecular flexibility index (Phi) is 4.72. The van der Waals surface area contributed by atoms with E-state index >= 15 is 0 Å². The molecule has 0 bridgehead atoms. The number of carboxylic acid groups (broad SMARTS) is 1. The second-order valence-electron chi connectivity index (χ2n) is 6.90. The zero-order chi connectivity index (χ0) is 17.6. The summed E-state index contributed by atoms with van der Waals surface area (Å²) in [5, 5.41) is 9.26. The maximum Gasteiger partial charge on any atom is 0.417 e. The Morgan fingerprint density at radius 1 is 1.30 bits per heavy atom. The van der Waals surface area contributed by atoms with Crippen molar-refractivity contribution in [1.29, 1.82) is 0 Å². The van der Waals surface area contributed by atoms with Gasteiger partial charge in [-0.25, -0.2) is 9.78 Å². The van der Waals surface area contributed by atoms with Gasteiger partial charge in [0, 0.05) is 5.69 Å². The maximum absolute atomic E-state index is 13.6. The smallest absolute Gasteiger partial charge is 0.417 e. The largest absolute Gasteiger partial charge is 0.478 e. The van der Waals surface area contributed by atoms with Crippen LogP contribution in [0.4, 0.5) is 13.2 Å². The van der Waals surface area contributed by atoms with E-state index in [4.69, 9.17) is 0 Å². The zero-order valence-corrected chi connectivity index (χ0v) is 14.4. The lowest BCUT2D eigenvalue weighted by Gasteiger charge is -2.36. The number of rotatable bonds is 2. The Balaban J connectivity index is 2.72. The van der Waals surface area contributed by atoms with Crippen LogP contribution in [0, 0.1) is 11.3 Å². The van der Waals surface area contributed by atoms with Crippen LogP contribution in [0.15, 0.2) is 5.03 Å². The Labute approximate surface area is 137 Å². The highest BCUT2D eigenvalue weighted by molar-refractivity contribution is 7.98. The van der Waals surface area contributed by atoms with Gasteiger partial charge in [0.1, 0.15) is 10.6 Å². The Hall–Kier alpha value is -1.24. The molecule has 1 aromatic rings. The van der Waals surface area contributed by atoms with Crippen LogP contribution in [0.1, 0.15) is 54.4 Å². The van der Waals surface area contributed by atoms with Crippen molar-refractivity contribution in [3.63, 3.8) is 0 Å². The number of thioether (sulfide) groups is 1. The van der Waals surface area contributed by atoms with E-state index in [1.807, 2.05) is 20.8 Å². The molecule has 3 nitrogen and oxygen atoms in total. The summed E-state index contributed by atoms with van der Waals surface area (Å²) in [6.07, 6.45) is -1.72. The van der Waals surface area contributed by atoms with Gasteiger partial charge >= 0.3 is 12.1 Å². The standard InChI is InChI=1S/C16H20F3NO2S/c1-15(2,3)8-5-6-10-9(7-8)12(16(17,18)19)11(14(21)22)13(20-10)23-4/h8H,5-7H2,1-4H3,(H,21,22). The van der Waals surface area contributed by atoms with Gasteiger partial charge in [-0.3, -0.25) is 0 Å². The van der Waals surface area contributed by atoms with Crippen LogP contribution in [0.5, 0.6) is 0 Å². The minimum atomic E-state index is -4.70. The van der Waals surface area contributed by atoms with E-state index in [0.29, 0.717) is 12.1 Å². The fraction of sp³-hybridized carbons (Fsp3) is 0.625. The first-order valence-corrected chi connectivity index (χ1v) is 8.59. The molecule has 0 fully saturated rings. The first kappa shape index (κ1) is 18.1. The molecule has 1 aliphatic rings. The van der Waals surface area contributed by atoms with Gasteiger partial charge in [0.25, 0.3) is 0 Å². The molecule has 1 N–H and O–H groups in total. The van der Waals surface area contributed by atoms with Gasteiger partial charge in [-0.05, 0) is 42.4 Å². The fourth-order valence-electron chi connectivity index (χ4n) is 3.13. The number of fused-ring (bicyclic) bond motifs is 1. The predicted molar refractivity (Wildman–Crippen MR) is 82.9 cm³/mol. The third kappa shape index (κ3) is 3.49. The number of carboxylic acids is 1. The molecule has 1 aliphatic carbocycles. The molecular weight excluding hydrogens is 327 g/mol. The molecule has 0 aromatic carbocycles. The average Bonchev–Trinajstić information content (AvgIpc) is 2.42. The molecule has 0 radical (unpaired) electrons. The lowest BCUT2D eigenvalue weighted by atomic mass is 9.70. The predicted octanol–water partition coefficient (Wildman–Crippen LogP) is 4.67. The van der Waals surface area contributed by atoms with E-state index < -0.39 is 23.3 Å². The first-order valence-electron chi connectivity index (χ1n) is 7.37. The van der Waals surface area contributed by atoms with Crippen molar-refractivity contribution in [2.75, 3.05) is 6.26 Å². The lowest BCUT2D eigenvalue weighted by Crippen LogP contribution is -2.31. The molecule has 128 valence electrons. The van der Waals surface area contributed by atoms with E-state index in [-0.39, 0.29) is 28.3 Å². The molecule has 0 amide bonds. The normalized spacial score (nSPS) is 18.7. The van der Waals surface area contributed by atoms with Crippen molar-refractivity contribution in [1.82, 2.24) is 4.98 Å². The van der Waals surface area contributed by atoms with Gasteiger partial charge < -0.3 is 5.11 Å². The van der Waals surface area contributed by atoms with Gasteiger partial charge in [0.05, 0.1) is 5.56 Å². The summed E-state index contributed by atoms with van der Waals surface area (Å²) in [5.74, 6) is -1.51. The Morgan fingerprint density at radius 3 is 2.35 bits per heavy atom. The van der Waals surface area contributed by atoms with Crippen LogP contribution in [0.25, 0.3) is 0 Å². The summed E-state index contributed by atoms with van der Waals surface area (Å²) in [6.45, 7) is 5.99. The molecule has 0 spiro atoms. The Morgan fingerprint density at radius 2 is 1.91 bits per heavy atom. The molecule has 0 aliphatic heterocycles. The van der Waals surface area contributed by atoms with Crippen LogP contribution in [-0.4, -0.2) is 22.3 Å². The van der Waals surface area contributed by atoms with Crippen LogP contribution in [0.3, 0.4) is 0 Å². The van der Waals surface area contributed by atoms with Gasteiger partial charge in [-0.2, -0.15) is 13.2 Å². The molecule has 1 heterocycles. The van der Waals surface area contributed by atoms with E-state index in [0.717, 1.165) is 18.2 Å². The number of alkyl halides is 3. The number of hydrogen-bond acceptors (Lipinski definition) is 3. The summed E-state index contributed by atoms with van der Waals surface area (Å²) in [7, 11) is 0. The van der Waals surface area contributed by atoms with Crippen molar-refractivity contribution in [3.05, 3.63) is 22.4 Å².